The SMILES string of the molecule is CN(C/C=C/c1ccc(F)cc1)CC1CCCNC1. The molecule has 0 bridgehead atoms. The van der Waals surface area contributed by atoms with Crippen LogP contribution in [-0.2, 0) is 0 Å². The monoisotopic (exact) mass is 262 g/mol. The number of halogens is 1. The third-order valence-electron chi connectivity index (χ3n) is 3.57. The average Bonchev–Trinajstić information content (AvgIpc) is 2.42. The van der Waals surface area contributed by atoms with Crippen molar-refractivity contribution in [2.75, 3.05) is 33.2 Å². The largest absolute Gasteiger partial charge is 0.316 e. The zero-order valence-electron chi connectivity index (χ0n) is 11.6. The van der Waals surface area contributed by atoms with Crippen molar-refractivity contribution in [2.45, 2.75) is 12.8 Å². The van der Waals surface area contributed by atoms with Crippen LogP contribution in [0.1, 0.15) is 18.4 Å². The Morgan fingerprint density at radius 1 is 1.37 bits per heavy atom. The van der Waals surface area contributed by atoms with Crippen molar-refractivity contribution < 1.29 is 4.39 Å². The Morgan fingerprint density at radius 2 is 2.16 bits per heavy atom. The summed E-state index contributed by atoms with van der Waals surface area (Å²) in [5.74, 6) is 0.594. The first-order valence-electron chi connectivity index (χ1n) is 7.05. The van der Waals surface area contributed by atoms with E-state index in [1.165, 1.54) is 31.5 Å². The van der Waals surface area contributed by atoms with Crippen molar-refractivity contribution in [3.8, 4) is 0 Å². The van der Waals surface area contributed by atoms with Crippen molar-refractivity contribution in [2.24, 2.45) is 5.92 Å². The Balaban J connectivity index is 1.73. The second kappa shape index (κ2) is 7.41. The van der Waals surface area contributed by atoms with Gasteiger partial charge in [0.1, 0.15) is 5.82 Å². The van der Waals surface area contributed by atoms with Crippen LogP contribution < -0.4 is 5.32 Å². The molecule has 19 heavy (non-hydrogen) atoms. The van der Waals surface area contributed by atoms with E-state index in [1.54, 1.807) is 12.1 Å². The molecule has 1 N–H and O–H groups in total. The van der Waals surface area contributed by atoms with E-state index in [0.29, 0.717) is 0 Å². The van der Waals surface area contributed by atoms with Gasteiger partial charge in [-0.25, -0.2) is 4.39 Å². The van der Waals surface area contributed by atoms with Crippen LogP contribution in [0.5, 0.6) is 0 Å². The summed E-state index contributed by atoms with van der Waals surface area (Å²) in [5.41, 5.74) is 1.05. The Bertz CT molecular complexity index is 394. The van der Waals surface area contributed by atoms with E-state index in [9.17, 15) is 4.39 Å². The number of piperidine rings is 1. The zero-order valence-corrected chi connectivity index (χ0v) is 11.6. The Labute approximate surface area is 115 Å². The highest BCUT2D eigenvalue weighted by molar-refractivity contribution is 5.48. The molecule has 1 saturated heterocycles. The fraction of sp³-hybridized carbons (Fsp3) is 0.500. The molecule has 1 unspecified atom stereocenters. The number of benzene rings is 1. The number of nitrogens with one attached hydrogen (secondary N) is 1. The molecule has 1 heterocycles. The van der Waals surface area contributed by atoms with Crippen LogP contribution in [0.2, 0.25) is 0 Å². The molecule has 2 nitrogen and oxygen atoms in total. The lowest BCUT2D eigenvalue weighted by Gasteiger charge is -2.26. The van der Waals surface area contributed by atoms with E-state index in [0.717, 1.165) is 31.1 Å². The van der Waals surface area contributed by atoms with E-state index >= 15 is 0 Å². The standard InChI is InChI=1S/C16H23FN2/c1-19(13-15-4-2-10-18-12-15)11-3-5-14-6-8-16(17)9-7-14/h3,5-9,15,18H,2,4,10-13H2,1H3/b5-3+. The highest BCUT2D eigenvalue weighted by Crippen LogP contribution is 2.11. The van der Waals surface area contributed by atoms with E-state index < -0.39 is 0 Å². The molecule has 2 rings (SSSR count). The molecule has 0 radical (unpaired) electrons. The molecule has 1 aliphatic heterocycles. The van der Waals surface area contributed by atoms with Gasteiger partial charge < -0.3 is 10.2 Å². The van der Waals surface area contributed by atoms with E-state index in [2.05, 4.69) is 29.4 Å². The molecule has 0 spiro atoms. The molecule has 1 aliphatic rings. The highest BCUT2D eigenvalue weighted by atomic mass is 19.1. The molecule has 1 aromatic rings. The fourth-order valence-electron chi connectivity index (χ4n) is 2.54. The minimum absolute atomic E-state index is 0.181. The molecule has 104 valence electrons. The minimum atomic E-state index is -0.181. The van der Waals surface area contributed by atoms with Crippen LogP contribution in [0.4, 0.5) is 4.39 Å². The number of hydrogen-bond acceptors (Lipinski definition) is 2. The number of likely N-dealkylation sites (N-methyl/N-ethyl adjacent to an activating group) is 1. The van der Waals surface area contributed by atoms with Crippen LogP contribution in [0.15, 0.2) is 30.3 Å². The lowest BCUT2D eigenvalue weighted by atomic mass is 9.99. The molecular weight excluding hydrogens is 239 g/mol. The van der Waals surface area contributed by atoms with Gasteiger partial charge in [0.25, 0.3) is 0 Å². The lowest BCUT2D eigenvalue weighted by Crippen LogP contribution is -2.36. The fourth-order valence-corrected chi connectivity index (χ4v) is 2.54. The van der Waals surface area contributed by atoms with Crippen LogP contribution in [-0.4, -0.2) is 38.1 Å². The third kappa shape index (κ3) is 5.13. The molecule has 1 aromatic carbocycles. The van der Waals surface area contributed by atoms with Crippen LogP contribution in [0.3, 0.4) is 0 Å². The van der Waals surface area contributed by atoms with Gasteiger partial charge in [0.15, 0.2) is 0 Å². The van der Waals surface area contributed by atoms with Crippen LogP contribution in [0, 0.1) is 11.7 Å². The molecule has 0 amide bonds. The summed E-state index contributed by atoms with van der Waals surface area (Å²) >= 11 is 0. The first kappa shape index (κ1) is 14.2. The maximum atomic E-state index is 12.8. The Morgan fingerprint density at radius 3 is 2.84 bits per heavy atom. The van der Waals surface area contributed by atoms with Gasteiger partial charge in [0, 0.05) is 13.1 Å². The summed E-state index contributed by atoms with van der Waals surface area (Å²) in [6.07, 6.45) is 6.82. The summed E-state index contributed by atoms with van der Waals surface area (Å²) < 4.78 is 12.8. The number of nitrogens with zero attached hydrogens (tertiary/aromatic N) is 1. The molecule has 1 fully saturated rings. The molecule has 0 aliphatic carbocycles. The lowest BCUT2D eigenvalue weighted by molar-refractivity contribution is 0.260. The summed E-state index contributed by atoms with van der Waals surface area (Å²) in [4.78, 5) is 2.34. The molecule has 3 heteroatoms. The highest BCUT2D eigenvalue weighted by Gasteiger charge is 2.13. The summed E-state index contributed by atoms with van der Waals surface area (Å²) in [6.45, 7) is 4.39. The van der Waals surface area contributed by atoms with Gasteiger partial charge in [-0.15, -0.1) is 0 Å². The quantitative estimate of drug-likeness (QED) is 0.878. The summed E-state index contributed by atoms with van der Waals surface area (Å²) in [7, 11) is 2.16. The number of rotatable bonds is 5. The second-order valence-corrected chi connectivity index (χ2v) is 5.39. The first-order valence-corrected chi connectivity index (χ1v) is 7.05. The Hall–Kier alpha value is -1.19. The summed E-state index contributed by atoms with van der Waals surface area (Å²) in [6, 6.07) is 6.60. The molecular formula is C16H23FN2. The minimum Gasteiger partial charge on any atom is -0.316 e. The molecule has 0 aromatic heterocycles. The van der Waals surface area contributed by atoms with Gasteiger partial charge in [0.05, 0.1) is 0 Å². The van der Waals surface area contributed by atoms with E-state index in [4.69, 9.17) is 0 Å². The van der Waals surface area contributed by atoms with Crippen molar-refractivity contribution >= 4 is 6.08 Å². The van der Waals surface area contributed by atoms with Crippen molar-refractivity contribution in [1.29, 1.82) is 0 Å². The first-order chi connectivity index (χ1) is 9.24. The summed E-state index contributed by atoms with van der Waals surface area (Å²) in [5, 5.41) is 3.45. The van der Waals surface area contributed by atoms with Gasteiger partial charge in [-0.1, -0.05) is 24.3 Å². The smallest absolute Gasteiger partial charge is 0.123 e. The van der Waals surface area contributed by atoms with Crippen LogP contribution in [0.25, 0.3) is 6.08 Å². The van der Waals surface area contributed by atoms with Gasteiger partial charge >= 0.3 is 0 Å². The topological polar surface area (TPSA) is 15.3 Å². The maximum Gasteiger partial charge on any atom is 0.123 e. The van der Waals surface area contributed by atoms with Gasteiger partial charge in [-0.2, -0.15) is 0 Å². The van der Waals surface area contributed by atoms with Gasteiger partial charge in [-0.3, -0.25) is 0 Å². The van der Waals surface area contributed by atoms with Crippen molar-refractivity contribution in [1.82, 2.24) is 10.2 Å². The molecule has 1 atom stereocenters. The predicted molar refractivity (Wildman–Crippen MR) is 78.5 cm³/mol. The number of hydrogen-bond donors (Lipinski definition) is 1. The van der Waals surface area contributed by atoms with E-state index in [-0.39, 0.29) is 5.82 Å². The average molecular weight is 262 g/mol. The maximum absolute atomic E-state index is 12.8. The van der Waals surface area contributed by atoms with Gasteiger partial charge in [-0.05, 0) is 56.6 Å². The van der Waals surface area contributed by atoms with Crippen LogP contribution >= 0.6 is 0 Å². The van der Waals surface area contributed by atoms with Crippen molar-refractivity contribution in [3.63, 3.8) is 0 Å². The predicted octanol–water partition coefficient (Wildman–Crippen LogP) is 2.77. The Kier molecular flexibility index (Phi) is 5.55. The van der Waals surface area contributed by atoms with E-state index in [1.807, 2.05) is 0 Å². The second-order valence-electron chi connectivity index (χ2n) is 5.39. The third-order valence-corrected chi connectivity index (χ3v) is 3.57. The molecule has 0 saturated carbocycles. The zero-order chi connectivity index (χ0) is 13.5. The van der Waals surface area contributed by atoms with Gasteiger partial charge in [0.2, 0.25) is 0 Å². The van der Waals surface area contributed by atoms with Crippen molar-refractivity contribution in [3.05, 3.63) is 41.7 Å². The normalized spacial score (nSPS) is 20.3.